The Kier molecular flexibility index (Phi) is 8.16. The van der Waals surface area contributed by atoms with Gasteiger partial charge in [-0.25, -0.2) is 0 Å². The fourth-order valence-electron chi connectivity index (χ4n) is 5.42. The summed E-state index contributed by atoms with van der Waals surface area (Å²) in [5.41, 5.74) is 9.06. The van der Waals surface area contributed by atoms with Gasteiger partial charge in [0.2, 0.25) is 0 Å². The van der Waals surface area contributed by atoms with Crippen LogP contribution in [0.5, 0.6) is 11.5 Å². The quantitative estimate of drug-likeness (QED) is 0.173. The van der Waals surface area contributed by atoms with Gasteiger partial charge in [-0.3, -0.25) is 0 Å². The first-order chi connectivity index (χ1) is 19.8. The Hall–Kier alpha value is -4.50. The van der Waals surface area contributed by atoms with Crippen molar-refractivity contribution in [3.05, 3.63) is 149 Å². The minimum Gasteiger partial charge on any atom is -0.497 e. The molecule has 0 N–H and O–H groups in total. The number of methoxy groups -OCH3 is 1. The average molecular weight is 542 g/mol. The summed E-state index contributed by atoms with van der Waals surface area (Å²) in [4.78, 5) is 2.32. The second-order valence-electron chi connectivity index (χ2n) is 11.1. The molecule has 0 spiro atoms. The smallest absolute Gasteiger partial charge is 0.119 e. The van der Waals surface area contributed by atoms with E-state index in [1.165, 1.54) is 27.8 Å². The summed E-state index contributed by atoms with van der Waals surface area (Å²) >= 11 is 0. The van der Waals surface area contributed by atoms with Crippen LogP contribution in [0.3, 0.4) is 0 Å². The summed E-state index contributed by atoms with van der Waals surface area (Å²) in [7, 11) is 1.70. The molecule has 5 aromatic carbocycles. The van der Waals surface area contributed by atoms with E-state index in [-0.39, 0.29) is 11.5 Å². The highest BCUT2D eigenvalue weighted by Gasteiger charge is 2.31. The van der Waals surface area contributed by atoms with E-state index in [1.54, 1.807) is 7.11 Å². The van der Waals surface area contributed by atoms with Crippen LogP contribution >= 0.6 is 0 Å². The van der Waals surface area contributed by atoms with E-state index in [1.807, 2.05) is 26.0 Å². The summed E-state index contributed by atoms with van der Waals surface area (Å²) in [6, 6.07) is 43.3. The Bertz CT molecular complexity index is 1570. The van der Waals surface area contributed by atoms with Crippen molar-refractivity contribution in [1.29, 1.82) is 0 Å². The van der Waals surface area contributed by atoms with Crippen LogP contribution in [0.4, 0.5) is 17.1 Å². The van der Waals surface area contributed by atoms with Crippen molar-refractivity contribution in [3.63, 3.8) is 0 Å². The third-order valence-corrected chi connectivity index (χ3v) is 7.73. The number of ether oxygens (including phenoxy) is 2. The van der Waals surface area contributed by atoms with E-state index in [0.717, 1.165) is 28.6 Å². The van der Waals surface area contributed by atoms with Gasteiger partial charge in [0.25, 0.3) is 0 Å². The molecule has 41 heavy (non-hydrogen) atoms. The second-order valence-corrected chi connectivity index (χ2v) is 11.1. The van der Waals surface area contributed by atoms with Gasteiger partial charge >= 0.3 is 0 Å². The van der Waals surface area contributed by atoms with E-state index in [9.17, 15) is 0 Å². The van der Waals surface area contributed by atoms with E-state index in [2.05, 4.69) is 135 Å². The fourth-order valence-corrected chi connectivity index (χ4v) is 5.42. The maximum atomic E-state index is 5.94. The monoisotopic (exact) mass is 541 g/mol. The van der Waals surface area contributed by atoms with Gasteiger partial charge in [0.05, 0.1) is 13.2 Å². The van der Waals surface area contributed by atoms with Gasteiger partial charge < -0.3 is 14.4 Å². The average Bonchev–Trinajstić information content (AvgIpc) is 2.98. The van der Waals surface area contributed by atoms with Crippen molar-refractivity contribution in [2.45, 2.75) is 46.1 Å². The Morgan fingerprint density at radius 1 is 0.561 bits per heavy atom. The molecule has 0 amide bonds. The molecule has 5 rings (SSSR count). The van der Waals surface area contributed by atoms with Crippen molar-refractivity contribution in [3.8, 4) is 11.5 Å². The van der Waals surface area contributed by atoms with Crippen LogP contribution in [-0.4, -0.2) is 13.2 Å². The van der Waals surface area contributed by atoms with Crippen molar-refractivity contribution in [2.75, 3.05) is 12.0 Å². The Balaban J connectivity index is 1.60. The zero-order chi connectivity index (χ0) is 29.0. The molecule has 1 unspecified atom stereocenters. The molecule has 0 bridgehead atoms. The van der Waals surface area contributed by atoms with E-state index >= 15 is 0 Å². The van der Waals surface area contributed by atoms with Gasteiger partial charge in [-0.05, 0) is 118 Å². The molecule has 1 atom stereocenters. The molecule has 0 aliphatic carbocycles. The summed E-state index contributed by atoms with van der Waals surface area (Å²) in [6.45, 7) is 10.6. The molecule has 0 radical (unpaired) electrons. The molecular weight excluding hydrogens is 502 g/mol. The molecule has 0 aromatic heterocycles. The Morgan fingerprint density at radius 3 is 1.54 bits per heavy atom. The van der Waals surface area contributed by atoms with Crippen LogP contribution in [0.1, 0.15) is 48.6 Å². The van der Waals surface area contributed by atoms with E-state index < -0.39 is 0 Å². The Labute approximate surface area is 245 Å². The molecule has 3 nitrogen and oxygen atoms in total. The molecule has 5 aromatic rings. The van der Waals surface area contributed by atoms with Crippen LogP contribution in [0.2, 0.25) is 0 Å². The maximum absolute atomic E-state index is 5.94. The number of rotatable bonds is 9. The van der Waals surface area contributed by atoms with Crippen molar-refractivity contribution in [1.82, 2.24) is 0 Å². The number of benzene rings is 5. The first-order valence-electron chi connectivity index (χ1n) is 14.2. The van der Waals surface area contributed by atoms with Crippen LogP contribution in [0.15, 0.2) is 121 Å². The zero-order valence-electron chi connectivity index (χ0n) is 24.9. The lowest BCUT2D eigenvalue weighted by Gasteiger charge is -2.33. The SMILES string of the molecule is COc1ccc(C(C)(c2ccc(OC(C)C)cc2)c2ccc(N(c3ccc(C)cc3)c3cccc(C)c3)cc2)cc1. The highest BCUT2D eigenvalue weighted by molar-refractivity contribution is 5.77. The molecule has 0 heterocycles. The summed E-state index contributed by atoms with van der Waals surface area (Å²) < 4.78 is 11.4. The minimum atomic E-state index is -0.390. The lowest BCUT2D eigenvalue weighted by atomic mass is 9.71. The van der Waals surface area contributed by atoms with Crippen LogP contribution in [0.25, 0.3) is 0 Å². The normalized spacial score (nSPS) is 12.6. The van der Waals surface area contributed by atoms with Crippen LogP contribution < -0.4 is 14.4 Å². The van der Waals surface area contributed by atoms with E-state index in [4.69, 9.17) is 9.47 Å². The number of aryl methyl sites for hydroxylation is 2. The highest BCUT2D eigenvalue weighted by Crippen LogP contribution is 2.42. The van der Waals surface area contributed by atoms with Crippen molar-refractivity contribution < 1.29 is 9.47 Å². The second kappa shape index (κ2) is 11.9. The fraction of sp³-hybridized carbons (Fsp3) is 0.211. The predicted octanol–water partition coefficient (Wildman–Crippen LogP) is 9.92. The summed E-state index contributed by atoms with van der Waals surface area (Å²) in [5, 5.41) is 0. The van der Waals surface area contributed by atoms with Gasteiger partial charge in [0, 0.05) is 22.5 Å². The lowest BCUT2D eigenvalue weighted by molar-refractivity contribution is 0.242. The van der Waals surface area contributed by atoms with Gasteiger partial charge in [-0.2, -0.15) is 0 Å². The highest BCUT2D eigenvalue weighted by atomic mass is 16.5. The molecule has 3 heteroatoms. The molecule has 208 valence electrons. The Morgan fingerprint density at radius 2 is 1.05 bits per heavy atom. The zero-order valence-corrected chi connectivity index (χ0v) is 24.9. The molecule has 0 fully saturated rings. The van der Waals surface area contributed by atoms with Crippen molar-refractivity contribution in [2.24, 2.45) is 0 Å². The third-order valence-electron chi connectivity index (χ3n) is 7.73. The largest absolute Gasteiger partial charge is 0.497 e. The van der Waals surface area contributed by atoms with Crippen molar-refractivity contribution >= 4 is 17.1 Å². The predicted molar refractivity (Wildman–Crippen MR) is 171 cm³/mol. The van der Waals surface area contributed by atoms with Gasteiger partial charge in [-0.1, -0.05) is 66.2 Å². The molecule has 0 saturated heterocycles. The van der Waals surface area contributed by atoms with E-state index in [0.29, 0.717) is 0 Å². The van der Waals surface area contributed by atoms with Gasteiger partial charge in [0.1, 0.15) is 11.5 Å². The molecule has 0 aliphatic heterocycles. The van der Waals surface area contributed by atoms with Gasteiger partial charge in [-0.15, -0.1) is 0 Å². The van der Waals surface area contributed by atoms with Gasteiger partial charge in [0.15, 0.2) is 0 Å². The standard InChI is InChI=1S/C38H39NO2/c1-27(2)41-37-24-16-32(17-25-37)38(5,31-14-22-36(40-6)23-15-31)30-12-20-34(21-13-30)39(33-18-10-28(3)11-19-33)35-9-7-8-29(4)26-35/h7-27H,1-6H3. The third kappa shape index (κ3) is 6.00. The van der Waals surface area contributed by atoms with Crippen LogP contribution in [-0.2, 0) is 5.41 Å². The number of hydrogen-bond donors (Lipinski definition) is 0. The summed E-state index contributed by atoms with van der Waals surface area (Å²) in [5.74, 6) is 1.72. The lowest BCUT2D eigenvalue weighted by Crippen LogP contribution is -2.25. The minimum absolute atomic E-state index is 0.131. The maximum Gasteiger partial charge on any atom is 0.119 e. The molecule has 0 saturated carbocycles. The molecule has 0 aliphatic rings. The topological polar surface area (TPSA) is 21.7 Å². The molecular formula is C38H39NO2. The van der Waals surface area contributed by atoms with Crippen LogP contribution in [0, 0.1) is 13.8 Å². The number of nitrogens with zero attached hydrogens (tertiary/aromatic N) is 1. The number of hydrogen-bond acceptors (Lipinski definition) is 3. The first-order valence-corrected chi connectivity index (χ1v) is 14.2. The summed E-state index contributed by atoms with van der Waals surface area (Å²) in [6.07, 6.45) is 0.131. The first kappa shape index (κ1) is 28.0. The number of anilines is 3.